The van der Waals surface area contributed by atoms with Crippen LogP contribution in [0.25, 0.3) is 0 Å². The van der Waals surface area contributed by atoms with Crippen molar-refractivity contribution in [1.29, 1.82) is 0 Å². The Kier molecular flexibility index (Phi) is 4.80. The van der Waals surface area contributed by atoms with E-state index in [4.69, 9.17) is 27.8 Å². The van der Waals surface area contributed by atoms with Crippen LogP contribution in [0.3, 0.4) is 0 Å². The van der Waals surface area contributed by atoms with Crippen molar-refractivity contribution in [3.63, 3.8) is 0 Å². The molecule has 0 saturated heterocycles. The third-order valence-corrected chi connectivity index (χ3v) is 3.29. The summed E-state index contributed by atoms with van der Waals surface area (Å²) in [6.45, 7) is 0.823. The molecule has 0 aromatic heterocycles. The Morgan fingerprint density at radius 1 is 1.05 bits per heavy atom. The summed E-state index contributed by atoms with van der Waals surface area (Å²) in [6, 6.07) is 15.2. The smallest absolute Gasteiger partial charge is 0.138 e. The van der Waals surface area contributed by atoms with Crippen LogP contribution < -0.4 is 16.2 Å². The number of rotatable bonds is 5. The van der Waals surface area contributed by atoms with Crippen molar-refractivity contribution in [2.45, 2.75) is 12.6 Å². The zero-order valence-electron chi connectivity index (χ0n) is 10.6. The largest absolute Gasteiger partial charge is 0.487 e. The first-order chi connectivity index (χ1) is 9.22. The number of hydrogen-bond acceptors (Lipinski definition) is 3. The lowest BCUT2D eigenvalue weighted by atomic mass is 10.1. The van der Waals surface area contributed by atoms with E-state index in [-0.39, 0.29) is 6.04 Å². The molecule has 1 atom stereocenters. The van der Waals surface area contributed by atoms with Crippen LogP contribution in [-0.2, 0) is 6.61 Å². The average Bonchev–Trinajstić information content (AvgIpc) is 2.46. The van der Waals surface area contributed by atoms with Crippen molar-refractivity contribution < 1.29 is 4.74 Å². The second-order valence-corrected chi connectivity index (χ2v) is 4.65. The van der Waals surface area contributed by atoms with Crippen molar-refractivity contribution in [2.24, 2.45) is 11.5 Å². The van der Waals surface area contributed by atoms with Crippen LogP contribution in [0.4, 0.5) is 0 Å². The van der Waals surface area contributed by atoms with Crippen LogP contribution in [-0.4, -0.2) is 6.54 Å². The number of hydrogen-bond donors (Lipinski definition) is 2. The quantitative estimate of drug-likeness (QED) is 0.883. The second-order valence-electron chi connectivity index (χ2n) is 4.28. The first-order valence-electron chi connectivity index (χ1n) is 6.13. The maximum atomic E-state index is 6.29. The van der Waals surface area contributed by atoms with Gasteiger partial charge in [-0.15, -0.1) is 0 Å². The van der Waals surface area contributed by atoms with Gasteiger partial charge in [0.2, 0.25) is 0 Å². The molecule has 4 heteroatoms. The maximum Gasteiger partial charge on any atom is 0.138 e. The van der Waals surface area contributed by atoms with E-state index in [0.717, 1.165) is 11.1 Å². The highest BCUT2D eigenvalue weighted by atomic mass is 35.5. The summed E-state index contributed by atoms with van der Waals surface area (Å²) in [4.78, 5) is 0. The van der Waals surface area contributed by atoms with Gasteiger partial charge in [-0.05, 0) is 17.2 Å². The van der Waals surface area contributed by atoms with E-state index < -0.39 is 0 Å². The van der Waals surface area contributed by atoms with Crippen LogP contribution in [0.2, 0.25) is 5.02 Å². The minimum Gasteiger partial charge on any atom is -0.487 e. The molecule has 0 heterocycles. The SMILES string of the molecule is NCC(N)c1cccc(OCc2ccccc2)c1Cl. The van der Waals surface area contributed by atoms with Gasteiger partial charge in [0, 0.05) is 12.6 Å². The Labute approximate surface area is 118 Å². The minimum atomic E-state index is -0.271. The van der Waals surface area contributed by atoms with Gasteiger partial charge in [0.1, 0.15) is 12.4 Å². The molecule has 0 aliphatic heterocycles. The molecular weight excluding hydrogens is 260 g/mol. The highest BCUT2D eigenvalue weighted by Gasteiger charge is 2.12. The van der Waals surface area contributed by atoms with E-state index in [9.17, 15) is 0 Å². The van der Waals surface area contributed by atoms with E-state index >= 15 is 0 Å². The monoisotopic (exact) mass is 276 g/mol. The zero-order valence-corrected chi connectivity index (χ0v) is 11.3. The average molecular weight is 277 g/mol. The molecule has 0 saturated carbocycles. The predicted molar refractivity (Wildman–Crippen MR) is 78.2 cm³/mol. The number of halogens is 1. The van der Waals surface area contributed by atoms with Gasteiger partial charge in [-0.3, -0.25) is 0 Å². The molecule has 0 aliphatic carbocycles. The molecule has 3 nitrogen and oxygen atoms in total. The Morgan fingerprint density at radius 2 is 1.79 bits per heavy atom. The van der Waals surface area contributed by atoms with Gasteiger partial charge in [0.15, 0.2) is 0 Å². The van der Waals surface area contributed by atoms with Crippen LogP contribution in [0, 0.1) is 0 Å². The van der Waals surface area contributed by atoms with E-state index in [2.05, 4.69) is 0 Å². The summed E-state index contributed by atoms with van der Waals surface area (Å²) in [5.41, 5.74) is 13.4. The molecule has 19 heavy (non-hydrogen) atoms. The molecule has 0 radical (unpaired) electrons. The third kappa shape index (κ3) is 3.47. The number of ether oxygens (including phenoxy) is 1. The van der Waals surface area contributed by atoms with Gasteiger partial charge in [-0.2, -0.15) is 0 Å². The second kappa shape index (κ2) is 6.57. The summed E-state index contributed by atoms with van der Waals surface area (Å²) in [5, 5.41) is 0.538. The van der Waals surface area contributed by atoms with Crippen molar-refractivity contribution in [1.82, 2.24) is 0 Å². The fourth-order valence-electron chi connectivity index (χ4n) is 1.79. The van der Waals surface area contributed by atoms with Crippen molar-refractivity contribution in [3.05, 3.63) is 64.7 Å². The predicted octanol–water partition coefficient (Wildman–Crippen LogP) is 2.88. The van der Waals surface area contributed by atoms with Crippen LogP contribution >= 0.6 is 11.6 Å². The van der Waals surface area contributed by atoms with Gasteiger partial charge in [0.25, 0.3) is 0 Å². The molecule has 1 unspecified atom stereocenters. The first kappa shape index (κ1) is 13.9. The molecule has 2 aromatic rings. The van der Waals surface area contributed by atoms with E-state index in [1.807, 2.05) is 48.5 Å². The lowest BCUT2D eigenvalue weighted by molar-refractivity contribution is 0.306. The van der Waals surface area contributed by atoms with Crippen molar-refractivity contribution in [3.8, 4) is 5.75 Å². The van der Waals surface area contributed by atoms with Gasteiger partial charge in [0.05, 0.1) is 5.02 Å². The van der Waals surface area contributed by atoms with Crippen molar-refractivity contribution >= 4 is 11.6 Å². The van der Waals surface area contributed by atoms with Crippen molar-refractivity contribution in [2.75, 3.05) is 6.54 Å². The highest BCUT2D eigenvalue weighted by Crippen LogP contribution is 2.31. The molecule has 0 fully saturated rings. The van der Waals surface area contributed by atoms with Crippen LogP contribution in [0.15, 0.2) is 48.5 Å². The molecule has 0 spiro atoms. The molecule has 2 aromatic carbocycles. The molecule has 0 amide bonds. The van der Waals surface area contributed by atoms with E-state index in [1.165, 1.54) is 0 Å². The Hall–Kier alpha value is -1.55. The lowest BCUT2D eigenvalue weighted by Gasteiger charge is -2.15. The summed E-state index contributed by atoms with van der Waals surface area (Å²) >= 11 is 6.29. The third-order valence-electron chi connectivity index (χ3n) is 2.88. The summed E-state index contributed by atoms with van der Waals surface area (Å²) in [5.74, 6) is 0.631. The molecule has 100 valence electrons. The highest BCUT2D eigenvalue weighted by molar-refractivity contribution is 6.32. The Bertz CT molecular complexity index is 531. The summed E-state index contributed by atoms with van der Waals surface area (Å²) in [7, 11) is 0. The topological polar surface area (TPSA) is 61.3 Å². The maximum absolute atomic E-state index is 6.29. The van der Waals surface area contributed by atoms with E-state index in [0.29, 0.717) is 23.9 Å². The molecule has 2 rings (SSSR count). The van der Waals surface area contributed by atoms with Gasteiger partial charge >= 0.3 is 0 Å². The summed E-state index contributed by atoms with van der Waals surface area (Å²) in [6.07, 6.45) is 0. The molecule has 0 bridgehead atoms. The fourth-order valence-corrected chi connectivity index (χ4v) is 2.11. The lowest BCUT2D eigenvalue weighted by Crippen LogP contribution is -2.21. The van der Waals surface area contributed by atoms with Crippen LogP contribution in [0.5, 0.6) is 5.75 Å². The molecule has 0 aliphatic rings. The number of benzene rings is 2. The standard InChI is InChI=1S/C15H17ClN2O/c16-15-12(13(18)9-17)7-4-8-14(15)19-10-11-5-2-1-3-6-11/h1-8,13H,9-10,17-18H2. The minimum absolute atomic E-state index is 0.271. The van der Waals surface area contributed by atoms with E-state index in [1.54, 1.807) is 0 Å². The zero-order chi connectivity index (χ0) is 13.7. The summed E-state index contributed by atoms with van der Waals surface area (Å²) < 4.78 is 5.73. The Morgan fingerprint density at radius 3 is 2.47 bits per heavy atom. The number of nitrogens with two attached hydrogens (primary N) is 2. The molecular formula is C15H17ClN2O. The molecule has 4 N–H and O–H groups in total. The van der Waals surface area contributed by atoms with Gasteiger partial charge < -0.3 is 16.2 Å². The first-order valence-corrected chi connectivity index (χ1v) is 6.51. The normalized spacial score (nSPS) is 12.2. The fraction of sp³-hybridized carbons (Fsp3) is 0.200. The van der Waals surface area contributed by atoms with Gasteiger partial charge in [-0.25, -0.2) is 0 Å². The Balaban J connectivity index is 2.13. The van der Waals surface area contributed by atoms with Gasteiger partial charge in [-0.1, -0.05) is 54.1 Å². The van der Waals surface area contributed by atoms with Crippen LogP contribution in [0.1, 0.15) is 17.2 Å².